The van der Waals surface area contributed by atoms with Crippen molar-refractivity contribution in [2.24, 2.45) is 0 Å². The zero-order chi connectivity index (χ0) is 13.7. The Morgan fingerprint density at radius 3 is 2.42 bits per heavy atom. The maximum Gasteiger partial charge on any atom is 0.127 e. The largest absolute Gasteiger partial charge is 0.457 e. The molecule has 0 heterocycles. The minimum Gasteiger partial charge on any atom is -0.457 e. The Morgan fingerprint density at radius 1 is 1.11 bits per heavy atom. The SMILES string of the molecule is Cc1cc(Oc2ccc(CCC#N)cc2)ccc1Cl. The second-order valence-electron chi connectivity index (χ2n) is 4.32. The molecule has 2 rings (SSSR count). The van der Waals surface area contributed by atoms with Crippen molar-refractivity contribution < 1.29 is 4.74 Å². The van der Waals surface area contributed by atoms with Gasteiger partial charge in [0.05, 0.1) is 6.07 Å². The molecule has 0 saturated carbocycles. The molecule has 0 atom stereocenters. The highest BCUT2D eigenvalue weighted by Crippen LogP contribution is 2.26. The molecule has 3 heteroatoms. The van der Waals surface area contributed by atoms with E-state index in [1.54, 1.807) is 0 Å². The van der Waals surface area contributed by atoms with Gasteiger partial charge in [0.15, 0.2) is 0 Å². The number of rotatable bonds is 4. The van der Waals surface area contributed by atoms with E-state index >= 15 is 0 Å². The van der Waals surface area contributed by atoms with E-state index in [-0.39, 0.29) is 0 Å². The Balaban J connectivity index is 2.06. The molecule has 2 aromatic carbocycles. The van der Waals surface area contributed by atoms with Crippen LogP contribution in [0.4, 0.5) is 0 Å². The van der Waals surface area contributed by atoms with Crippen molar-refractivity contribution in [3.63, 3.8) is 0 Å². The van der Waals surface area contributed by atoms with E-state index in [0.29, 0.717) is 6.42 Å². The summed E-state index contributed by atoms with van der Waals surface area (Å²) < 4.78 is 5.75. The molecule has 2 aromatic rings. The number of ether oxygens (including phenoxy) is 1. The molecule has 0 aliphatic rings. The van der Waals surface area contributed by atoms with Gasteiger partial charge in [0, 0.05) is 11.4 Å². The minimum atomic E-state index is 0.538. The highest BCUT2D eigenvalue weighted by molar-refractivity contribution is 6.31. The van der Waals surface area contributed by atoms with Crippen molar-refractivity contribution in [2.75, 3.05) is 0 Å². The van der Waals surface area contributed by atoms with Crippen molar-refractivity contribution in [1.82, 2.24) is 0 Å². The highest BCUT2D eigenvalue weighted by atomic mass is 35.5. The van der Waals surface area contributed by atoms with E-state index in [2.05, 4.69) is 6.07 Å². The van der Waals surface area contributed by atoms with Crippen LogP contribution in [0.25, 0.3) is 0 Å². The van der Waals surface area contributed by atoms with E-state index in [4.69, 9.17) is 21.6 Å². The van der Waals surface area contributed by atoms with E-state index in [1.165, 1.54) is 0 Å². The fourth-order valence-electron chi connectivity index (χ4n) is 1.74. The third-order valence-electron chi connectivity index (χ3n) is 2.81. The predicted octanol–water partition coefficient (Wildman–Crippen LogP) is 4.90. The van der Waals surface area contributed by atoms with Gasteiger partial charge in [-0.3, -0.25) is 0 Å². The van der Waals surface area contributed by atoms with Gasteiger partial charge in [0.25, 0.3) is 0 Å². The summed E-state index contributed by atoms with van der Waals surface area (Å²) in [6.07, 6.45) is 1.31. The van der Waals surface area contributed by atoms with Gasteiger partial charge in [0.2, 0.25) is 0 Å². The van der Waals surface area contributed by atoms with Crippen LogP contribution in [0.15, 0.2) is 42.5 Å². The van der Waals surface area contributed by atoms with Crippen LogP contribution in [-0.4, -0.2) is 0 Å². The normalized spacial score (nSPS) is 9.95. The molecular formula is C16H14ClNO. The van der Waals surface area contributed by atoms with Gasteiger partial charge in [-0.15, -0.1) is 0 Å². The smallest absolute Gasteiger partial charge is 0.127 e. The molecule has 0 aromatic heterocycles. The Labute approximate surface area is 118 Å². The fraction of sp³-hybridized carbons (Fsp3) is 0.188. The molecule has 2 nitrogen and oxygen atoms in total. The first-order chi connectivity index (χ1) is 9.19. The molecule has 19 heavy (non-hydrogen) atoms. The van der Waals surface area contributed by atoms with Gasteiger partial charge in [-0.1, -0.05) is 23.7 Å². The van der Waals surface area contributed by atoms with Crippen LogP contribution in [0.1, 0.15) is 17.5 Å². The minimum absolute atomic E-state index is 0.538. The second kappa shape index (κ2) is 6.26. The first-order valence-corrected chi connectivity index (χ1v) is 6.47. The molecule has 0 aliphatic carbocycles. The lowest BCUT2D eigenvalue weighted by atomic mass is 10.1. The molecule has 0 saturated heterocycles. The van der Waals surface area contributed by atoms with E-state index in [1.807, 2.05) is 49.4 Å². The average Bonchev–Trinajstić information content (AvgIpc) is 2.42. The monoisotopic (exact) mass is 271 g/mol. The Kier molecular flexibility index (Phi) is 4.43. The molecule has 0 amide bonds. The highest BCUT2D eigenvalue weighted by Gasteiger charge is 2.01. The molecule has 0 radical (unpaired) electrons. The molecule has 0 bridgehead atoms. The van der Waals surface area contributed by atoms with Gasteiger partial charge < -0.3 is 4.74 Å². The Morgan fingerprint density at radius 2 is 1.79 bits per heavy atom. The maximum absolute atomic E-state index is 8.54. The van der Waals surface area contributed by atoms with Crippen molar-refractivity contribution in [2.45, 2.75) is 19.8 Å². The number of halogens is 1. The number of hydrogen-bond donors (Lipinski definition) is 0. The molecule has 0 spiro atoms. The van der Waals surface area contributed by atoms with Crippen LogP contribution in [0.5, 0.6) is 11.5 Å². The van der Waals surface area contributed by atoms with Crippen LogP contribution >= 0.6 is 11.6 Å². The lowest BCUT2D eigenvalue weighted by molar-refractivity contribution is 0.482. The van der Waals surface area contributed by atoms with Crippen LogP contribution in [0.2, 0.25) is 5.02 Å². The first-order valence-electron chi connectivity index (χ1n) is 6.09. The lowest BCUT2D eigenvalue weighted by Crippen LogP contribution is -1.87. The number of aryl methyl sites for hydroxylation is 2. The summed E-state index contributed by atoms with van der Waals surface area (Å²) in [5.74, 6) is 1.55. The van der Waals surface area contributed by atoms with Gasteiger partial charge in [0.1, 0.15) is 11.5 Å². The van der Waals surface area contributed by atoms with Crippen LogP contribution in [0.3, 0.4) is 0 Å². The fourth-order valence-corrected chi connectivity index (χ4v) is 1.86. The molecule has 0 fully saturated rings. The third-order valence-corrected chi connectivity index (χ3v) is 3.24. The number of benzene rings is 2. The average molecular weight is 272 g/mol. The topological polar surface area (TPSA) is 33.0 Å². The zero-order valence-electron chi connectivity index (χ0n) is 10.7. The van der Waals surface area contributed by atoms with Crippen molar-refractivity contribution in [3.8, 4) is 17.6 Å². The van der Waals surface area contributed by atoms with Crippen LogP contribution in [-0.2, 0) is 6.42 Å². The van der Waals surface area contributed by atoms with Crippen molar-refractivity contribution in [1.29, 1.82) is 5.26 Å². The van der Waals surface area contributed by atoms with E-state index in [9.17, 15) is 0 Å². The summed E-state index contributed by atoms with van der Waals surface area (Å²) in [4.78, 5) is 0. The summed E-state index contributed by atoms with van der Waals surface area (Å²) in [5, 5.41) is 9.28. The quantitative estimate of drug-likeness (QED) is 0.792. The summed E-state index contributed by atoms with van der Waals surface area (Å²) in [6.45, 7) is 1.94. The summed E-state index contributed by atoms with van der Waals surface area (Å²) in [6, 6.07) is 15.5. The summed E-state index contributed by atoms with van der Waals surface area (Å²) in [7, 11) is 0. The van der Waals surface area contributed by atoms with Crippen LogP contribution < -0.4 is 4.74 Å². The molecule has 0 N–H and O–H groups in total. The molecule has 96 valence electrons. The van der Waals surface area contributed by atoms with E-state index < -0.39 is 0 Å². The van der Waals surface area contributed by atoms with Gasteiger partial charge in [-0.2, -0.15) is 5.26 Å². The third kappa shape index (κ3) is 3.74. The number of hydrogen-bond acceptors (Lipinski definition) is 2. The van der Waals surface area contributed by atoms with Crippen LogP contribution in [0, 0.1) is 18.3 Å². The van der Waals surface area contributed by atoms with E-state index in [0.717, 1.165) is 34.1 Å². The summed E-state index contributed by atoms with van der Waals surface area (Å²) in [5.41, 5.74) is 2.13. The standard InChI is InChI=1S/C16H14ClNO/c1-12-11-15(8-9-16(12)17)19-14-6-4-13(5-7-14)3-2-10-18/h4-9,11H,2-3H2,1H3. The number of nitrogens with zero attached hydrogens (tertiary/aromatic N) is 1. The van der Waals surface area contributed by atoms with Gasteiger partial charge >= 0.3 is 0 Å². The second-order valence-corrected chi connectivity index (χ2v) is 4.72. The Hall–Kier alpha value is -1.98. The predicted molar refractivity (Wildman–Crippen MR) is 76.6 cm³/mol. The zero-order valence-corrected chi connectivity index (χ0v) is 11.4. The Bertz CT molecular complexity index is 599. The molecule has 0 unspecified atom stereocenters. The summed E-state index contributed by atoms with van der Waals surface area (Å²) >= 11 is 5.97. The van der Waals surface area contributed by atoms with Gasteiger partial charge in [-0.05, 0) is 54.8 Å². The van der Waals surface area contributed by atoms with Crippen molar-refractivity contribution >= 4 is 11.6 Å². The lowest BCUT2D eigenvalue weighted by Gasteiger charge is -2.08. The molecular weight excluding hydrogens is 258 g/mol. The first kappa shape index (κ1) is 13.5. The van der Waals surface area contributed by atoms with Crippen molar-refractivity contribution in [3.05, 3.63) is 58.6 Å². The van der Waals surface area contributed by atoms with Gasteiger partial charge in [-0.25, -0.2) is 0 Å². The molecule has 0 aliphatic heterocycles. The number of nitriles is 1. The maximum atomic E-state index is 8.54.